The molecule has 0 aromatic heterocycles. The van der Waals surface area contributed by atoms with E-state index in [0.717, 1.165) is 70.6 Å². The van der Waals surface area contributed by atoms with Crippen molar-refractivity contribution in [2.75, 3.05) is 13.2 Å². The highest BCUT2D eigenvalue weighted by molar-refractivity contribution is 5.76. The van der Waals surface area contributed by atoms with E-state index >= 15 is 0 Å². The number of unbranched alkanes of at least 4 members (excludes halogenated alkanes) is 36. The van der Waals surface area contributed by atoms with Crippen molar-refractivity contribution in [3.63, 3.8) is 0 Å². The van der Waals surface area contributed by atoms with Gasteiger partial charge in [0, 0.05) is 12.8 Å². The van der Waals surface area contributed by atoms with Gasteiger partial charge in [-0.15, -0.1) is 0 Å². The van der Waals surface area contributed by atoms with Crippen molar-refractivity contribution in [3.05, 3.63) is 36.5 Å². The summed E-state index contributed by atoms with van der Waals surface area (Å²) in [6, 6.07) is -0.641. The van der Waals surface area contributed by atoms with E-state index in [1.165, 1.54) is 193 Å². The van der Waals surface area contributed by atoms with Crippen LogP contribution in [0.25, 0.3) is 0 Å². The van der Waals surface area contributed by atoms with Crippen molar-refractivity contribution in [2.24, 2.45) is 0 Å². The summed E-state index contributed by atoms with van der Waals surface area (Å²) in [7, 11) is 0. The molecule has 6 heteroatoms. The fraction of sp³-hybridized carbons (Fsp3) is 0.860. The molecule has 6 nitrogen and oxygen atoms in total. The Kier molecular flexibility index (Phi) is 51.1. The number of aliphatic hydroxyl groups is 2. The Balaban J connectivity index is 3.51. The maximum atomic E-state index is 12.5. The molecule has 0 aromatic rings. The van der Waals surface area contributed by atoms with Crippen LogP contribution in [0.1, 0.15) is 290 Å². The molecule has 1 amide bonds. The van der Waals surface area contributed by atoms with Crippen LogP contribution in [-0.4, -0.2) is 47.4 Å². The number of carbonyl (C=O) groups is 2. The highest BCUT2D eigenvalue weighted by Gasteiger charge is 2.18. The number of carbonyl (C=O) groups excluding carboxylic acids is 2. The predicted octanol–water partition coefficient (Wildman–Crippen LogP) is 16.9. The average molecular weight is 886 g/mol. The molecule has 0 radical (unpaired) electrons. The van der Waals surface area contributed by atoms with Crippen LogP contribution in [0.4, 0.5) is 0 Å². The minimum atomic E-state index is -0.856. The fourth-order valence-corrected chi connectivity index (χ4v) is 8.38. The van der Waals surface area contributed by atoms with Crippen LogP contribution >= 0.6 is 0 Å². The average Bonchev–Trinajstić information content (AvgIpc) is 3.28. The first-order valence-corrected chi connectivity index (χ1v) is 27.8. The normalized spacial score (nSPS) is 12.9. The third kappa shape index (κ3) is 49.4. The smallest absolute Gasteiger partial charge is 0.305 e. The second-order valence-electron chi connectivity index (χ2n) is 18.9. The van der Waals surface area contributed by atoms with Gasteiger partial charge in [0.1, 0.15) is 0 Å². The number of allylic oxidation sites excluding steroid dienone is 5. The molecule has 0 saturated heterocycles. The van der Waals surface area contributed by atoms with Crippen molar-refractivity contribution in [2.45, 2.75) is 302 Å². The highest BCUT2D eigenvalue weighted by atomic mass is 16.5. The van der Waals surface area contributed by atoms with Gasteiger partial charge in [0.15, 0.2) is 0 Å². The second kappa shape index (κ2) is 52.7. The number of esters is 1. The van der Waals surface area contributed by atoms with Gasteiger partial charge in [0.2, 0.25) is 5.91 Å². The molecule has 0 bridgehead atoms. The largest absolute Gasteiger partial charge is 0.466 e. The molecule has 63 heavy (non-hydrogen) atoms. The summed E-state index contributed by atoms with van der Waals surface area (Å²) in [4.78, 5) is 24.5. The van der Waals surface area contributed by atoms with Gasteiger partial charge in [-0.3, -0.25) is 9.59 Å². The van der Waals surface area contributed by atoms with Crippen molar-refractivity contribution in [1.82, 2.24) is 5.32 Å². The van der Waals surface area contributed by atoms with E-state index in [2.05, 4.69) is 43.5 Å². The molecule has 0 aliphatic rings. The van der Waals surface area contributed by atoms with Gasteiger partial charge < -0.3 is 20.3 Å². The molecule has 0 aliphatic heterocycles. The van der Waals surface area contributed by atoms with Crippen LogP contribution in [0.3, 0.4) is 0 Å². The zero-order chi connectivity index (χ0) is 45.8. The lowest BCUT2D eigenvalue weighted by Gasteiger charge is -2.20. The lowest BCUT2D eigenvalue weighted by Crippen LogP contribution is -2.45. The van der Waals surface area contributed by atoms with Crippen LogP contribution in [0.2, 0.25) is 0 Å². The molecule has 2 atom stereocenters. The molecule has 0 saturated carbocycles. The molecule has 3 N–H and O–H groups in total. The first-order valence-electron chi connectivity index (χ1n) is 27.8. The van der Waals surface area contributed by atoms with E-state index in [1.807, 2.05) is 6.08 Å². The molecule has 0 aromatic carbocycles. The highest BCUT2D eigenvalue weighted by Crippen LogP contribution is 2.16. The van der Waals surface area contributed by atoms with E-state index in [9.17, 15) is 19.8 Å². The summed E-state index contributed by atoms with van der Waals surface area (Å²) in [5.41, 5.74) is 0. The Labute approximate surface area is 392 Å². The second-order valence-corrected chi connectivity index (χ2v) is 18.9. The molecule has 0 heterocycles. The third-order valence-corrected chi connectivity index (χ3v) is 12.6. The standard InChI is InChI=1S/C57H107NO5/c1-3-5-7-9-11-13-15-17-18-19-20-21-22-23-24-26-29-33-37-41-45-49-55(60)54(53-59)58-56(61)50-46-42-38-34-30-27-28-32-36-40-44-48-52-63-57(62)51-47-43-39-35-31-25-16-14-12-10-8-6-4-2/h8,10,14,16,45,49,54-55,59-60H,3-7,9,11-13,15,17-44,46-48,50-53H2,1-2H3,(H,58,61)/b10-8-,16-14-,49-45+. The molecular formula is C57H107NO5. The summed E-state index contributed by atoms with van der Waals surface area (Å²) < 4.78 is 5.45. The van der Waals surface area contributed by atoms with E-state index < -0.39 is 12.1 Å². The summed E-state index contributed by atoms with van der Waals surface area (Å²) >= 11 is 0. The Morgan fingerprint density at radius 1 is 0.444 bits per heavy atom. The summed E-state index contributed by atoms with van der Waals surface area (Å²) in [6.07, 6.45) is 64.4. The first-order chi connectivity index (χ1) is 31.0. The number of aliphatic hydroxyl groups excluding tert-OH is 2. The lowest BCUT2D eigenvalue weighted by molar-refractivity contribution is -0.143. The number of nitrogens with one attached hydrogen (secondary N) is 1. The van der Waals surface area contributed by atoms with Crippen molar-refractivity contribution < 1.29 is 24.5 Å². The number of hydrogen-bond donors (Lipinski definition) is 3. The quantitative estimate of drug-likeness (QED) is 0.0321. The predicted molar refractivity (Wildman–Crippen MR) is 273 cm³/mol. The van der Waals surface area contributed by atoms with Crippen LogP contribution in [0.5, 0.6) is 0 Å². The number of amides is 1. The SMILES string of the molecule is CCC/C=C\C/C=C\CCCCCCCC(=O)OCCCCCCCCCCCCCCC(=O)NC(CO)C(O)/C=C/CCCCCCCCCCCCCCCCCCCCC. The zero-order valence-corrected chi connectivity index (χ0v) is 42.1. The minimum Gasteiger partial charge on any atom is -0.466 e. The monoisotopic (exact) mass is 886 g/mol. The van der Waals surface area contributed by atoms with Gasteiger partial charge in [0.05, 0.1) is 25.4 Å². The van der Waals surface area contributed by atoms with Gasteiger partial charge in [0.25, 0.3) is 0 Å². The lowest BCUT2D eigenvalue weighted by atomic mass is 10.0. The number of ether oxygens (including phenoxy) is 1. The van der Waals surface area contributed by atoms with Gasteiger partial charge >= 0.3 is 5.97 Å². The third-order valence-electron chi connectivity index (χ3n) is 12.6. The fourth-order valence-electron chi connectivity index (χ4n) is 8.38. The van der Waals surface area contributed by atoms with E-state index in [-0.39, 0.29) is 18.5 Å². The van der Waals surface area contributed by atoms with Crippen LogP contribution < -0.4 is 5.32 Å². The summed E-state index contributed by atoms with van der Waals surface area (Å²) in [6.45, 7) is 4.81. The molecule has 0 aliphatic carbocycles. The zero-order valence-electron chi connectivity index (χ0n) is 42.1. The number of rotatable bonds is 51. The van der Waals surface area contributed by atoms with E-state index in [0.29, 0.717) is 19.4 Å². The summed E-state index contributed by atoms with van der Waals surface area (Å²) in [5.74, 6) is -0.109. The van der Waals surface area contributed by atoms with E-state index in [4.69, 9.17) is 4.74 Å². The Morgan fingerprint density at radius 2 is 0.825 bits per heavy atom. The van der Waals surface area contributed by atoms with Crippen LogP contribution in [0, 0.1) is 0 Å². The van der Waals surface area contributed by atoms with Gasteiger partial charge in [-0.25, -0.2) is 0 Å². The van der Waals surface area contributed by atoms with E-state index in [1.54, 1.807) is 6.08 Å². The van der Waals surface area contributed by atoms with Gasteiger partial charge in [-0.05, 0) is 57.8 Å². The molecular weight excluding hydrogens is 779 g/mol. The van der Waals surface area contributed by atoms with Crippen molar-refractivity contribution >= 4 is 11.9 Å². The Bertz CT molecular complexity index is 1020. The Hall–Kier alpha value is -1.92. The van der Waals surface area contributed by atoms with Crippen LogP contribution in [-0.2, 0) is 14.3 Å². The minimum absolute atomic E-state index is 0.0261. The summed E-state index contributed by atoms with van der Waals surface area (Å²) in [5, 5.41) is 23.1. The maximum absolute atomic E-state index is 12.5. The van der Waals surface area contributed by atoms with Crippen molar-refractivity contribution in [1.29, 1.82) is 0 Å². The maximum Gasteiger partial charge on any atom is 0.305 e. The molecule has 0 spiro atoms. The first kappa shape index (κ1) is 61.1. The number of hydrogen-bond acceptors (Lipinski definition) is 5. The topological polar surface area (TPSA) is 95.9 Å². The van der Waals surface area contributed by atoms with Gasteiger partial charge in [-0.1, -0.05) is 256 Å². The molecule has 370 valence electrons. The van der Waals surface area contributed by atoms with Gasteiger partial charge in [-0.2, -0.15) is 0 Å². The molecule has 2 unspecified atom stereocenters. The molecule has 0 fully saturated rings. The Morgan fingerprint density at radius 3 is 1.27 bits per heavy atom. The van der Waals surface area contributed by atoms with Crippen LogP contribution in [0.15, 0.2) is 36.5 Å². The van der Waals surface area contributed by atoms with Crippen molar-refractivity contribution in [3.8, 4) is 0 Å². The molecule has 0 rings (SSSR count).